The topological polar surface area (TPSA) is 0 Å². The molecule has 74 valence electrons. The predicted molar refractivity (Wildman–Crippen MR) is 56.5 cm³/mol. The molecule has 1 aromatic heterocycles. The van der Waals surface area contributed by atoms with E-state index in [-0.39, 0.29) is 5.56 Å². The maximum atomic E-state index is 12.6. The van der Waals surface area contributed by atoms with Crippen molar-refractivity contribution in [2.45, 2.75) is 13.3 Å². The van der Waals surface area contributed by atoms with Gasteiger partial charge in [-0.1, -0.05) is 17.7 Å². The van der Waals surface area contributed by atoms with Crippen LogP contribution in [-0.4, -0.2) is 0 Å². The second kappa shape index (κ2) is 3.48. The molecule has 0 nitrogen and oxygen atoms in total. The Bertz CT molecular complexity index is 476. The Balaban J connectivity index is 2.84. The van der Waals surface area contributed by atoms with Gasteiger partial charge >= 0.3 is 0 Å². The smallest absolute Gasteiger partial charge is 0.205 e. The van der Waals surface area contributed by atoms with Gasteiger partial charge in [-0.3, -0.25) is 0 Å². The van der Waals surface area contributed by atoms with Gasteiger partial charge in [-0.05, 0) is 18.6 Å². The fourth-order valence-electron chi connectivity index (χ4n) is 1.47. The molecule has 1 aromatic carbocycles. The van der Waals surface area contributed by atoms with Crippen molar-refractivity contribution in [2.24, 2.45) is 0 Å². The third-order valence-electron chi connectivity index (χ3n) is 2.15. The highest BCUT2D eigenvalue weighted by Crippen LogP contribution is 2.38. The van der Waals surface area contributed by atoms with Gasteiger partial charge in [-0.15, -0.1) is 11.3 Å². The van der Waals surface area contributed by atoms with Crippen molar-refractivity contribution in [3.05, 3.63) is 33.7 Å². The molecular formula is C10H7ClF2S. The Morgan fingerprint density at radius 3 is 2.71 bits per heavy atom. The highest BCUT2D eigenvalue weighted by molar-refractivity contribution is 7.18. The van der Waals surface area contributed by atoms with Crippen LogP contribution in [0.2, 0.25) is 5.02 Å². The number of alkyl halides is 2. The molecule has 0 N–H and O–H groups in total. The normalized spacial score (nSPS) is 11.5. The zero-order chi connectivity index (χ0) is 10.3. The SMILES string of the molecule is Cc1ccc(Cl)c2scc(C(F)F)c12. The van der Waals surface area contributed by atoms with Gasteiger partial charge in [0.25, 0.3) is 6.43 Å². The first-order valence-corrected chi connectivity index (χ1v) is 5.31. The minimum absolute atomic E-state index is 0.0880. The van der Waals surface area contributed by atoms with Crippen LogP contribution in [-0.2, 0) is 0 Å². The number of hydrogen-bond donors (Lipinski definition) is 0. The van der Waals surface area contributed by atoms with Crippen LogP contribution in [0.4, 0.5) is 8.78 Å². The zero-order valence-electron chi connectivity index (χ0n) is 7.35. The summed E-state index contributed by atoms with van der Waals surface area (Å²) in [5.74, 6) is 0. The van der Waals surface area contributed by atoms with Gasteiger partial charge in [-0.2, -0.15) is 0 Å². The predicted octanol–water partition coefficient (Wildman–Crippen LogP) is 4.80. The minimum atomic E-state index is -2.43. The summed E-state index contributed by atoms with van der Waals surface area (Å²) in [5.41, 5.74) is 0.936. The van der Waals surface area contributed by atoms with Crippen LogP contribution in [0.3, 0.4) is 0 Å². The van der Waals surface area contributed by atoms with Crippen LogP contribution < -0.4 is 0 Å². The lowest BCUT2D eigenvalue weighted by molar-refractivity contribution is 0.153. The van der Waals surface area contributed by atoms with E-state index in [1.165, 1.54) is 16.7 Å². The fraction of sp³-hybridized carbons (Fsp3) is 0.200. The Morgan fingerprint density at radius 2 is 2.07 bits per heavy atom. The van der Waals surface area contributed by atoms with Crippen LogP contribution in [0, 0.1) is 6.92 Å². The van der Waals surface area contributed by atoms with Gasteiger partial charge in [0.05, 0.1) is 9.72 Å². The Morgan fingerprint density at radius 1 is 1.36 bits per heavy atom. The monoisotopic (exact) mass is 232 g/mol. The quantitative estimate of drug-likeness (QED) is 0.663. The number of fused-ring (bicyclic) bond motifs is 1. The van der Waals surface area contributed by atoms with Gasteiger partial charge < -0.3 is 0 Å². The molecule has 0 spiro atoms. The highest BCUT2D eigenvalue weighted by atomic mass is 35.5. The standard InChI is InChI=1S/C10H7ClF2S/c1-5-2-3-7(11)9-8(5)6(4-14-9)10(12)13/h2-4,10H,1H3. The lowest BCUT2D eigenvalue weighted by atomic mass is 10.1. The summed E-state index contributed by atoms with van der Waals surface area (Å²) in [6, 6.07) is 3.51. The molecule has 0 aliphatic carbocycles. The Hall–Kier alpha value is -0.670. The summed E-state index contributed by atoms with van der Waals surface area (Å²) >= 11 is 7.18. The first-order valence-electron chi connectivity index (χ1n) is 4.05. The molecule has 0 saturated carbocycles. The first kappa shape index (κ1) is 9.87. The molecule has 0 fully saturated rings. The molecule has 0 radical (unpaired) electrons. The summed E-state index contributed by atoms with van der Waals surface area (Å²) in [4.78, 5) is 0. The summed E-state index contributed by atoms with van der Waals surface area (Å²) in [5, 5.41) is 2.63. The third kappa shape index (κ3) is 1.41. The van der Waals surface area contributed by atoms with E-state index < -0.39 is 6.43 Å². The largest absolute Gasteiger partial charge is 0.265 e. The molecule has 1 heterocycles. The van der Waals surface area contributed by atoms with Crippen LogP contribution in [0.25, 0.3) is 10.1 Å². The summed E-state index contributed by atoms with van der Waals surface area (Å²) in [6.07, 6.45) is -2.43. The number of aryl methyl sites for hydroxylation is 1. The fourth-order valence-corrected chi connectivity index (χ4v) is 2.81. The van der Waals surface area contributed by atoms with E-state index in [1.807, 2.05) is 6.92 Å². The molecular weight excluding hydrogens is 226 g/mol. The van der Waals surface area contributed by atoms with Gasteiger partial charge in [0.1, 0.15) is 0 Å². The summed E-state index contributed by atoms with van der Waals surface area (Å²) in [7, 11) is 0. The molecule has 0 bridgehead atoms. The molecule has 0 aliphatic rings. The maximum absolute atomic E-state index is 12.6. The molecule has 0 unspecified atom stereocenters. The number of halogens is 3. The average Bonchev–Trinajstić information content (AvgIpc) is 2.56. The van der Waals surface area contributed by atoms with Crippen molar-refractivity contribution in [3.63, 3.8) is 0 Å². The van der Waals surface area contributed by atoms with Crippen LogP contribution >= 0.6 is 22.9 Å². The third-order valence-corrected chi connectivity index (χ3v) is 3.60. The van der Waals surface area contributed by atoms with E-state index >= 15 is 0 Å². The minimum Gasteiger partial charge on any atom is -0.205 e. The van der Waals surface area contributed by atoms with Crippen molar-refractivity contribution in [3.8, 4) is 0 Å². The Labute approximate surface area is 89.1 Å². The lowest BCUT2D eigenvalue weighted by Crippen LogP contribution is -1.83. The van der Waals surface area contributed by atoms with Crippen molar-refractivity contribution in [1.29, 1.82) is 0 Å². The maximum Gasteiger partial charge on any atom is 0.265 e. The summed E-state index contributed by atoms with van der Waals surface area (Å²) in [6.45, 7) is 1.82. The van der Waals surface area contributed by atoms with Crippen LogP contribution in [0.15, 0.2) is 17.5 Å². The number of thiophene rings is 1. The van der Waals surface area contributed by atoms with E-state index in [0.717, 1.165) is 10.3 Å². The molecule has 4 heteroatoms. The van der Waals surface area contributed by atoms with E-state index in [0.29, 0.717) is 10.4 Å². The molecule has 0 amide bonds. The van der Waals surface area contributed by atoms with E-state index in [2.05, 4.69) is 0 Å². The van der Waals surface area contributed by atoms with Crippen molar-refractivity contribution < 1.29 is 8.78 Å². The second-order valence-electron chi connectivity index (χ2n) is 3.06. The van der Waals surface area contributed by atoms with E-state index in [4.69, 9.17) is 11.6 Å². The first-order chi connectivity index (χ1) is 6.61. The molecule has 14 heavy (non-hydrogen) atoms. The summed E-state index contributed by atoms with van der Waals surface area (Å²) < 4.78 is 26.0. The lowest BCUT2D eigenvalue weighted by Gasteiger charge is -2.01. The average molecular weight is 233 g/mol. The number of hydrogen-bond acceptors (Lipinski definition) is 1. The molecule has 0 aliphatic heterocycles. The van der Waals surface area contributed by atoms with Crippen molar-refractivity contribution in [1.82, 2.24) is 0 Å². The second-order valence-corrected chi connectivity index (χ2v) is 4.35. The van der Waals surface area contributed by atoms with Crippen LogP contribution in [0.5, 0.6) is 0 Å². The van der Waals surface area contributed by atoms with Gasteiger partial charge in [0, 0.05) is 16.3 Å². The molecule has 0 saturated heterocycles. The molecule has 2 aromatic rings. The van der Waals surface area contributed by atoms with E-state index in [9.17, 15) is 8.78 Å². The van der Waals surface area contributed by atoms with Gasteiger partial charge in [0.2, 0.25) is 0 Å². The molecule has 2 rings (SSSR count). The van der Waals surface area contributed by atoms with E-state index in [1.54, 1.807) is 12.1 Å². The highest BCUT2D eigenvalue weighted by Gasteiger charge is 2.16. The van der Waals surface area contributed by atoms with Gasteiger partial charge in [0.15, 0.2) is 0 Å². The molecule has 0 atom stereocenters. The van der Waals surface area contributed by atoms with Crippen molar-refractivity contribution >= 4 is 33.0 Å². The zero-order valence-corrected chi connectivity index (χ0v) is 8.92. The van der Waals surface area contributed by atoms with Gasteiger partial charge in [-0.25, -0.2) is 8.78 Å². The number of benzene rings is 1. The Kier molecular flexibility index (Phi) is 2.45. The van der Waals surface area contributed by atoms with Crippen molar-refractivity contribution in [2.75, 3.05) is 0 Å². The number of rotatable bonds is 1. The van der Waals surface area contributed by atoms with Crippen LogP contribution in [0.1, 0.15) is 17.6 Å².